The number of methoxy groups -OCH3 is 1. The maximum Gasteiger partial charge on any atom is 0.255 e. The topological polar surface area (TPSA) is 96.9 Å². The second-order valence-corrected chi connectivity index (χ2v) is 8.35. The molecule has 0 radical (unpaired) electrons. The van der Waals surface area contributed by atoms with E-state index < -0.39 is 0 Å². The molecule has 1 aliphatic heterocycles. The van der Waals surface area contributed by atoms with Crippen LogP contribution in [0, 0.1) is 0 Å². The van der Waals surface area contributed by atoms with Crippen molar-refractivity contribution in [3.8, 4) is 17.3 Å². The van der Waals surface area contributed by atoms with E-state index in [0.29, 0.717) is 30.9 Å². The quantitative estimate of drug-likeness (QED) is 0.475. The average Bonchev–Trinajstić information content (AvgIpc) is 3.44. The van der Waals surface area contributed by atoms with Crippen LogP contribution in [0.15, 0.2) is 67.4 Å². The zero-order chi connectivity index (χ0) is 23.3. The number of benzene rings is 1. The summed E-state index contributed by atoms with van der Waals surface area (Å²) in [6.45, 7) is 1.31. The van der Waals surface area contributed by atoms with Crippen LogP contribution in [0.4, 0.5) is 0 Å². The number of ether oxygens (including phenoxy) is 1. The van der Waals surface area contributed by atoms with E-state index in [0.717, 1.165) is 41.2 Å². The number of nitrogens with zero attached hydrogens (tertiary/aromatic N) is 5. The van der Waals surface area contributed by atoms with Crippen molar-refractivity contribution in [2.24, 2.45) is 0 Å². The number of aromatic nitrogens is 5. The van der Waals surface area contributed by atoms with E-state index in [4.69, 9.17) is 4.74 Å². The molecule has 172 valence electrons. The van der Waals surface area contributed by atoms with E-state index in [1.807, 2.05) is 41.3 Å². The van der Waals surface area contributed by atoms with Gasteiger partial charge in [-0.15, -0.1) is 0 Å². The summed E-state index contributed by atoms with van der Waals surface area (Å²) in [5.41, 5.74) is 4.16. The van der Waals surface area contributed by atoms with E-state index in [1.54, 1.807) is 38.1 Å². The number of piperidine rings is 1. The maximum atomic E-state index is 13.3. The molecule has 34 heavy (non-hydrogen) atoms. The smallest absolute Gasteiger partial charge is 0.255 e. The van der Waals surface area contributed by atoms with Crippen molar-refractivity contribution in [3.63, 3.8) is 0 Å². The predicted molar refractivity (Wildman–Crippen MR) is 128 cm³/mol. The number of hydrogen-bond acceptors (Lipinski definition) is 6. The third kappa shape index (κ3) is 4.52. The predicted octanol–water partition coefficient (Wildman–Crippen LogP) is 3.88. The highest BCUT2D eigenvalue weighted by Gasteiger charge is 2.29. The van der Waals surface area contributed by atoms with Crippen molar-refractivity contribution in [2.75, 3.05) is 20.2 Å². The first-order valence-corrected chi connectivity index (χ1v) is 11.4. The van der Waals surface area contributed by atoms with Gasteiger partial charge in [-0.1, -0.05) is 18.2 Å². The Bertz CT molecular complexity index is 1260. The number of rotatable bonds is 6. The minimum absolute atomic E-state index is 0.00974. The number of carbonyl (C=O) groups is 1. The van der Waals surface area contributed by atoms with Crippen molar-refractivity contribution in [1.29, 1.82) is 0 Å². The maximum absolute atomic E-state index is 13.3. The standard InChI is InChI=1S/C26H26N6O2/c1-34-22-7-3-2-5-18(22)15-21-9-8-19(16-31-21)26(33)32-14-4-6-20(17-32)23-24(28-11-10-27-23)25-29-12-13-30-25/h2-3,5,7-13,16,20H,4,6,14-15,17H2,1H3,(H,29,30)/t20-/m0/s1. The normalized spacial score (nSPS) is 15.8. The molecule has 0 saturated carbocycles. The fourth-order valence-electron chi connectivity index (χ4n) is 4.49. The molecule has 1 aromatic carbocycles. The van der Waals surface area contributed by atoms with Gasteiger partial charge in [0, 0.05) is 67.7 Å². The first kappa shape index (κ1) is 21.8. The Morgan fingerprint density at radius 2 is 1.97 bits per heavy atom. The van der Waals surface area contributed by atoms with Crippen molar-refractivity contribution in [1.82, 2.24) is 29.8 Å². The van der Waals surface area contributed by atoms with Gasteiger partial charge in [-0.05, 0) is 31.0 Å². The number of pyridine rings is 1. The molecule has 1 atom stereocenters. The van der Waals surface area contributed by atoms with Crippen LogP contribution in [-0.4, -0.2) is 55.9 Å². The van der Waals surface area contributed by atoms with Crippen molar-refractivity contribution >= 4 is 5.91 Å². The lowest BCUT2D eigenvalue weighted by Gasteiger charge is -2.33. The lowest BCUT2D eigenvalue weighted by Crippen LogP contribution is -2.39. The Labute approximate surface area is 198 Å². The Balaban J connectivity index is 1.30. The van der Waals surface area contributed by atoms with E-state index in [-0.39, 0.29) is 11.8 Å². The number of likely N-dealkylation sites (tertiary alicyclic amines) is 1. The molecular formula is C26H26N6O2. The number of imidazole rings is 1. The fourth-order valence-corrected chi connectivity index (χ4v) is 4.49. The third-order valence-electron chi connectivity index (χ3n) is 6.18. The minimum Gasteiger partial charge on any atom is -0.496 e. The molecule has 1 saturated heterocycles. The van der Waals surface area contributed by atoms with Crippen LogP contribution in [0.5, 0.6) is 5.75 Å². The minimum atomic E-state index is -0.00974. The summed E-state index contributed by atoms with van der Waals surface area (Å²) in [7, 11) is 1.67. The molecule has 8 nitrogen and oxygen atoms in total. The van der Waals surface area contributed by atoms with Gasteiger partial charge in [0.05, 0.1) is 18.4 Å². The van der Waals surface area contributed by atoms with Gasteiger partial charge in [0.25, 0.3) is 5.91 Å². The number of nitrogens with one attached hydrogen (secondary N) is 1. The van der Waals surface area contributed by atoms with E-state index in [2.05, 4.69) is 24.9 Å². The highest BCUT2D eigenvalue weighted by atomic mass is 16.5. The molecule has 4 aromatic rings. The molecule has 0 bridgehead atoms. The van der Waals surface area contributed by atoms with Gasteiger partial charge in [0.15, 0.2) is 5.82 Å². The zero-order valence-electron chi connectivity index (χ0n) is 19.0. The molecule has 0 unspecified atom stereocenters. The van der Waals surface area contributed by atoms with Crippen molar-refractivity contribution in [2.45, 2.75) is 25.2 Å². The lowest BCUT2D eigenvalue weighted by atomic mass is 9.92. The van der Waals surface area contributed by atoms with Crippen LogP contribution in [0.3, 0.4) is 0 Å². The second kappa shape index (κ2) is 9.82. The molecule has 1 fully saturated rings. The molecule has 1 amide bonds. The third-order valence-corrected chi connectivity index (χ3v) is 6.18. The van der Waals surface area contributed by atoms with Crippen molar-refractivity contribution in [3.05, 3.63) is 89.9 Å². The van der Waals surface area contributed by atoms with Crippen LogP contribution in [0.25, 0.3) is 11.5 Å². The van der Waals surface area contributed by atoms with Crippen LogP contribution in [-0.2, 0) is 6.42 Å². The van der Waals surface area contributed by atoms with E-state index in [9.17, 15) is 4.79 Å². The lowest BCUT2D eigenvalue weighted by molar-refractivity contribution is 0.0705. The Morgan fingerprint density at radius 3 is 2.76 bits per heavy atom. The van der Waals surface area contributed by atoms with E-state index in [1.165, 1.54) is 0 Å². The van der Waals surface area contributed by atoms with E-state index >= 15 is 0 Å². The average molecular weight is 455 g/mol. The highest BCUT2D eigenvalue weighted by molar-refractivity contribution is 5.94. The van der Waals surface area contributed by atoms with Gasteiger partial charge in [-0.2, -0.15) is 0 Å². The molecule has 4 heterocycles. The van der Waals surface area contributed by atoms with Crippen molar-refractivity contribution < 1.29 is 9.53 Å². The summed E-state index contributed by atoms with van der Waals surface area (Å²) >= 11 is 0. The Kier molecular flexibility index (Phi) is 6.29. The van der Waals surface area contributed by atoms with Gasteiger partial charge in [0.1, 0.15) is 11.4 Å². The molecule has 0 aliphatic carbocycles. The molecule has 1 aliphatic rings. The number of H-pyrrole nitrogens is 1. The number of hydrogen-bond donors (Lipinski definition) is 1. The molecule has 8 heteroatoms. The molecular weight excluding hydrogens is 428 g/mol. The van der Waals surface area contributed by atoms with Gasteiger partial charge in [0.2, 0.25) is 0 Å². The summed E-state index contributed by atoms with van der Waals surface area (Å²) in [5.74, 6) is 1.62. The largest absolute Gasteiger partial charge is 0.496 e. The van der Waals surface area contributed by atoms with Gasteiger partial charge in [-0.3, -0.25) is 14.8 Å². The van der Waals surface area contributed by atoms with Crippen LogP contribution in [0.1, 0.15) is 46.1 Å². The first-order valence-electron chi connectivity index (χ1n) is 11.4. The zero-order valence-corrected chi connectivity index (χ0v) is 19.0. The van der Waals surface area contributed by atoms with Crippen LogP contribution in [0.2, 0.25) is 0 Å². The number of aromatic amines is 1. The Hall–Kier alpha value is -4.07. The summed E-state index contributed by atoms with van der Waals surface area (Å²) < 4.78 is 5.43. The molecule has 3 aromatic heterocycles. The van der Waals surface area contributed by atoms with Gasteiger partial charge < -0.3 is 14.6 Å². The van der Waals surface area contributed by atoms with Crippen LogP contribution < -0.4 is 4.74 Å². The number of carbonyl (C=O) groups excluding carboxylic acids is 1. The highest BCUT2D eigenvalue weighted by Crippen LogP contribution is 2.31. The SMILES string of the molecule is COc1ccccc1Cc1ccc(C(=O)N2CCC[C@H](c3nccnc3-c3ncc[nH]3)C2)cn1. The molecule has 0 spiro atoms. The fraction of sp³-hybridized carbons (Fsp3) is 0.269. The summed E-state index contributed by atoms with van der Waals surface area (Å²) in [5, 5.41) is 0. The monoisotopic (exact) mass is 454 g/mol. The van der Waals surface area contributed by atoms with Crippen LogP contribution >= 0.6 is 0 Å². The molecule has 1 N–H and O–H groups in total. The Morgan fingerprint density at radius 1 is 1.09 bits per heavy atom. The summed E-state index contributed by atoms with van der Waals surface area (Å²) in [6, 6.07) is 11.7. The second-order valence-electron chi connectivity index (χ2n) is 8.35. The van der Waals surface area contributed by atoms with Gasteiger partial charge >= 0.3 is 0 Å². The summed E-state index contributed by atoms with van der Waals surface area (Å²) in [4.78, 5) is 36.3. The summed E-state index contributed by atoms with van der Waals surface area (Å²) in [6.07, 6.45) is 11.0. The first-order chi connectivity index (χ1) is 16.7. The van der Waals surface area contributed by atoms with Gasteiger partial charge in [-0.25, -0.2) is 9.97 Å². The number of para-hydroxylation sites is 1. The molecule has 5 rings (SSSR count). The number of amides is 1.